The molecule has 0 aliphatic heterocycles. The highest BCUT2D eigenvalue weighted by Crippen LogP contribution is 2.17. The molecule has 0 spiro atoms. The lowest BCUT2D eigenvalue weighted by Gasteiger charge is -2.22. The van der Waals surface area contributed by atoms with Crippen LogP contribution in [-0.2, 0) is 9.59 Å². The number of carbonyl (C=O) groups excluding carboxylic acids is 3. The van der Waals surface area contributed by atoms with Gasteiger partial charge in [-0.05, 0) is 43.7 Å². The number of hydrogen-bond acceptors (Lipinski definition) is 3. The highest BCUT2D eigenvalue weighted by molar-refractivity contribution is 5.98. The van der Waals surface area contributed by atoms with Crippen molar-refractivity contribution < 1.29 is 14.4 Å². The van der Waals surface area contributed by atoms with Crippen LogP contribution >= 0.6 is 0 Å². The van der Waals surface area contributed by atoms with Crippen molar-refractivity contribution in [3.8, 4) is 0 Å². The molecule has 2 aromatic carbocycles. The Kier molecular flexibility index (Phi) is 6.06. The summed E-state index contributed by atoms with van der Waals surface area (Å²) >= 11 is 0. The van der Waals surface area contributed by atoms with Crippen LogP contribution in [0.5, 0.6) is 0 Å². The fourth-order valence-electron chi connectivity index (χ4n) is 2.52. The lowest BCUT2D eigenvalue weighted by molar-refractivity contribution is -0.123. The van der Waals surface area contributed by atoms with Crippen molar-refractivity contribution in [1.29, 1.82) is 0 Å². The molecule has 0 heterocycles. The zero-order valence-corrected chi connectivity index (χ0v) is 14.7. The van der Waals surface area contributed by atoms with Crippen LogP contribution in [0.25, 0.3) is 0 Å². The predicted octanol–water partition coefficient (Wildman–Crippen LogP) is 3.12. The van der Waals surface area contributed by atoms with Gasteiger partial charge in [0.05, 0.1) is 6.04 Å². The summed E-state index contributed by atoms with van der Waals surface area (Å²) in [5, 5.41) is 2.89. The van der Waals surface area contributed by atoms with E-state index in [0.717, 1.165) is 5.56 Å². The molecule has 2 aromatic rings. The van der Waals surface area contributed by atoms with Gasteiger partial charge in [0.15, 0.2) is 5.78 Å². The number of hydrogen-bond donors (Lipinski definition) is 1. The lowest BCUT2D eigenvalue weighted by atomic mass is 10.1. The highest BCUT2D eigenvalue weighted by atomic mass is 16.2. The van der Waals surface area contributed by atoms with Crippen LogP contribution in [0.3, 0.4) is 0 Å². The fourth-order valence-corrected chi connectivity index (χ4v) is 2.52. The zero-order chi connectivity index (χ0) is 18.4. The van der Waals surface area contributed by atoms with Crippen molar-refractivity contribution in [3.63, 3.8) is 0 Å². The summed E-state index contributed by atoms with van der Waals surface area (Å²) in [5.74, 6) is -0.532. The van der Waals surface area contributed by atoms with Gasteiger partial charge in [-0.1, -0.05) is 30.3 Å². The average Bonchev–Trinajstić information content (AvgIpc) is 2.60. The second kappa shape index (κ2) is 8.24. The van der Waals surface area contributed by atoms with Crippen molar-refractivity contribution in [3.05, 3.63) is 65.7 Å². The summed E-state index contributed by atoms with van der Waals surface area (Å²) in [6.45, 7) is 4.71. The van der Waals surface area contributed by atoms with Crippen molar-refractivity contribution in [1.82, 2.24) is 5.32 Å². The van der Waals surface area contributed by atoms with E-state index in [1.54, 1.807) is 24.3 Å². The summed E-state index contributed by atoms with van der Waals surface area (Å²) in [7, 11) is 0. The Labute approximate surface area is 147 Å². The standard InChI is InChI=1S/C20H22N2O3/c1-14(17-7-5-4-6-8-17)21-20(25)13-22(16(3)24)19-11-9-18(10-12-19)15(2)23/h4-12,14H,13H2,1-3H3,(H,21,25). The van der Waals surface area contributed by atoms with Crippen molar-refractivity contribution in [2.24, 2.45) is 0 Å². The largest absolute Gasteiger partial charge is 0.348 e. The number of Topliss-reactive ketones (excluding diaryl/α,β-unsaturated/α-hetero) is 1. The normalized spacial score (nSPS) is 11.5. The second-order valence-corrected chi connectivity index (χ2v) is 5.91. The van der Waals surface area contributed by atoms with Gasteiger partial charge in [-0.2, -0.15) is 0 Å². The Balaban J connectivity index is 2.07. The third-order valence-electron chi connectivity index (χ3n) is 3.94. The third-order valence-corrected chi connectivity index (χ3v) is 3.94. The van der Waals surface area contributed by atoms with Crippen LogP contribution in [0.4, 0.5) is 5.69 Å². The topological polar surface area (TPSA) is 66.5 Å². The van der Waals surface area contributed by atoms with Crippen LogP contribution in [0.2, 0.25) is 0 Å². The molecule has 0 fully saturated rings. The van der Waals surface area contributed by atoms with Crippen LogP contribution in [0, 0.1) is 0 Å². The molecular formula is C20H22N2O3. The van der Waals surface area contributed by atoms with E-state index in [0.29, 0.717) is 11.3 Å². The average molecular weight is 338 g/mol. The molecule has 0 aliphatic carbocycles. The number of nitrogens with zero attached hydrogens (tertiary/aromatic N) is 1. The quantitative estimate of drug-likeness (QED) is 0.823. The Hall–Kier alpha value is -2.95. The minimum absolute atomic E-state index is 0.0460. The number of nitrogens with one attached hydrogen (secondary N) is 1. The highest BCUT2D eigenvalue weighted by Gasteiger charge is 2.17. The van der Waals surface area contributed by atoms with Gasteiger partial charge in [-0.3, -0.25) is 14.4 Å². The molecule has 0 saturated heterocycles. The number of ketones is 1. The first-order valence-corrected chi connectivity index (χ1v) is 8.12. The first-order chi connectivity index (χ1) is 11.9. The minimum Gasteiger partial charge on any atom is -0.348 e. The summed E-state index contributed by atoms with van der Waals surface area (Å²) in [6, 6.07) is 16.1. The van der Waals surface area contributed by atoms with Gasteiger partial charge in [0.25, 0.3) is 0 Å². The molecular weight excluding hydrogens is 316 g/mol. The zero-order valence-electron chi connectivity index (χ0n) is 14.7. The Morgan fingerprint density at radius 3 is 2.08 bits per heavy atom. The summed E-state index contributed by atoms with van der Waals surface area (Å²) < 4.78 is 0. The Morgan fingerprint density at radius 2 is 1.56 bits per heavy atom. The van der Waals surface area contributed by atoms with Crippen LogP contribution in [0.1, 0.15) is 42.7 Å². The molecule has 0 saturated carbocycles. The molecule has 0 bridgehead atoms. The van der Waals surface area contributed by atoms with Gasteiger partial charge >= 0.3 is 0 Å². The molecule has 5 heteroatoms. The van der Waals surface area contributed by atoms with Gasteiger partial charge in [-0.25, -0.2) is 0 Å². The monoisotopic (exact) mass is 338 g/mol. The maximum Gasteiger partial charge on any atom is 0.240 e. The van der Waals surface area contributed by atoms with Crippen LogP contribution < -0.4 is 10.2 Å². The first kappa shape index (κ1) is 18.4. The van der Waals surface area contributed by atoms with E-state index in [4.69, 9.17) is 0 Å². The smallest absolute Gasteiger partial charge is 0.240 e. The van der Waals surface area contributed by atoms with Crippen LogP contribution in [-0.4, -0.2) is 24.1 Å². The fraction of sp³-hybridized carbons (Fsp3) is 0.250. The Morgan fingerprint density at radius 1 is 0.960 bits per heavy atom. The molecule has 0 aromatic heterocycles. The first-order valence-electron chi connectivity index (χ1n) is 8.12. The third kappa shape index (κ3) is 5.01. The van der Waals surface area contributed by atoms with E-state index in [9.17, 15) is 14.4 Å². The van der Waals surface area contributed by atoms with Gasteiger partial charge in [-0.15, -0.1) is 0 Å². The summed E-state index contributed by atoms with van der Waals surface area (Å²) in [6.07, 6.45) is 0. The number of carbonyl (C=O) groups is 3. The minimum atomic E-state index is -0.248. The molecule has 2 rings (SSSR count). The van der Waals surface area contributed by atoms with E-state index >= 15 is 0 Å². The predicted molar refractivity (Wildman–Crippen MR) is 97.5 cm³/mol. The van der Waals surface area contributed by atoms with Crippen molar-refractivity contribution in [2.45, 2.75) is 26.8 Å². The second-order valence-electron chi connectivity index (χ2n) is 5.91. The Bertz CT molecular complexity index is 754. The van der Waals surface area contributed by atoms with E-state index in [1.165, 1.54) is 18.7 Å². The lowest BCUT2D eigenvalue weighted by Crippen LogP contribution is -2.40. The summed E-state index contributed by atoms with van der Waals surface area (Å²) in [5.41, 5.74) is 2.14. The van der Waals surface area contributed by atoms with E-state index < -0.39 is 0 Å². The summed E-state index contributed by atoms with van der Waals surface area (Å²) in [4.78, 5) is 37.0. The van der Waals surface area contributed by atoms with Gasteiger partial charge in [0, 0.05) is 18.2 Å². The molecule has 1 unspecified atom stereocenters. The van der Waals surface area contributed by atoms with Crippen molar-refractivity contribution in [2.75, 3.05) is 11.4 Å². The van der Waals surface area contributed by atoms with Gasteiger partial charge in [0.1, 0.15) is 6.54 Å². The molecule has 130 valence electrons. The molecule has 1 N–H and O–H groups in total. The van der Waals surface area contributed by atoms with E-state index in [-0.39, 0.29) is 30.2 Å². The number of rotatable bonds is 6. The molecule has 2 amide bonds. The van der Waals surface area contributed by atoms with E-state index in [2.05, 4.69) is 5.32 Å². The van der Waals surface area contributed by atoms with Crippen LogP contribution in [0.15, 0.2) is 54.6 Å². The molecule has 1 atom stereocenters. The molecule has 0 radical (unpaired) electrons. The van der Waals surface area contributed by atoms with Gasteiger partial charge in [0.2, 0.25) is 11.8 Å². The molecule has 25 heavy (non-hydrogen) atoms. The maximum absolute atomic E-state index is 12.3. The maximum atomic E-state index is 12.3. The molecule has 0 aliphatic rings. The number of anilines is 1. The SMILES string of the molecule is CC(=O)c1ccc(N(CC(=O)NC(C)c2ccccc2)C(C)=O)cc1. The number of amides is 2. The number of benzene rings is 2. The van der Waals surface area contributed by atoms with Crippen molar-refractivity contribution >= 4 is 23.3 Å². The molecule has 5 nitrogen and oxygen atoms in total. The van der Waals surface area contributed by atoms with Gasteiger partial charge < -0.3 is 10.2 Å². The van der Waals surface area contributed by atoms with E-state index in [1.807, 2.05) is 37.3 Å².